The Balaban J connectivity index is 2.12. The number of carbonyl (C=O) groups excluding carboxylic acids is 1. The topological polar surface area (TPSA) is 75.3 Å². The molecule has 20 heavy (non-hydrogen) atoms. The van der Waals surface area contributed by atoms with Crippen molar-refractivity contribution in [3.05, 3.63) is 35.9 Å². The van der Waals surface area contributed by atoms with E-state index in [1.165, 1.54) is 19.2 Å². The summed E-state index contributed by atoms with van der Waals surface area (Å²) in [6, 6.07) is 6.17. The van der Waals surface area contributed by atoms with Gasteiger partial charge in [-0.2, -0.15) is 0 Å². The largest absolute Gasteiger partial charge is 0.322 e. The molecule has 2 N–H and O–H groups in total. The maximum absolute atomic E-state index is 11.8. The van der Waals surface area contributed by atoms with Crippen molar-refractivity contribution in [3.8, 4) is 0 Å². The maximum atomic E-state index is 11.8. The van der Waals surface area contributed by atoms with Gasteiger partial charge in [0.15, 0.2) is 0 Å². The molecular weight excluding hydrogens is 276 g/mol. The van der Waals surface area contributed by atoms with Gasteiger partial charge in [0.25, 0.3) is 0 Å². The molecule has 0 bridgehead atoms. The molecule has 1 aromatic carbocycles. The molecule has 1 aliphatic carbocycles. The average Bonchev–Trinajstić information content (AvgIpc) is 3.23. The van der Waals surface area contributed by atoms with Gasteiger partial charge in [-0.25, -0.2) is 13.1 Å². The smallest absolute Gasteiger partial charge is 0.248 e. The minimum absolute atomic E-state index is 0.126. The van der Waals surface area contributed by atoms with E-state index in [9.17, 15) is 13.2 Å². The molecule has 108 valence electrons. The highest BCUT2D eigenvalue weighted by Gasteiger charge is 2.23. The molecule has 5 nitrogen and oxygen atoms in total. The third kappa shape index (κ3) is 3.68. The lowest BCUT2D eigenvalue weighted by atomic mass is 10.2. The Morgan fingerprint density at radius 2 is 2.05 bits per heavy atom. The minimum atomic E-state index is -3.50. The van der Waals surface area contributed by atoms with E-state index in [0.29, 0.717) is 11.6 Å². The fourth-order valence-electron chi connectivity index (χ4n) is 1.90. The van der Waals surface area contributed by atoms with Crippen LogP contribution in [0.4, 0.5) is 5.69 Å². The molecule has 1 amide bonds. The molecule has 6 heteroatoms. The average molecular weight is 294 g/mol. The van der Waals surface area contributed by atoms with Crippen LogP contribution >= 0.6 is 0 Å². The summed E-state index contributed by atoms with van der Waals surface area (Å²) in [7, 11) is -2.15. The van der Waals surface area contributed by atoms with Gasteiger partial charge in [-0.1, -0.05) is 11.6 Å². The molecule has 1 saturated carbocycles. The van der Waals surface area contributed by atoms with E-state index >= 15 is 0 Å². The Hall–Kier alpha value is -1.66. The van der Waals surface area contributed by atoms with E-state index < -0.39 is 10.0 Å². The number of allylic oxidation sites excluding steroid dienone is 1. The van der Waals surface area contributed by atoms with Gasteiger partial charge in [0.1, 0.15) is 0 Å². The van der Waals surface area contributed by atoms with Crippen LogP contribution < -0.4 is 10.0 Å². The van der Waals surface area contributed by atoms with Crippen molar-refractivity contribution in [1.29, 1.82) is 0 Å². The second-order valence-electron chi connectivity index (χ2n) is 4.89. The van der Waals surface area contributed by atoms with Crippen LogP contribution in [0.25, 0.3) is 0 Å². The number of rotatable bonds is 5. The SMILES string of the molecule is CNS(=O)(=O)c1cccc(NC(=O)C=C(C)C2CC2)c1. The first-order chi connectivity index (χ1) is 9.42. The second kappa shape index (κ2) is 5.76. The summed E-state index contributed by atoms with van der Waals surface area (Å²) in [6.45, 7) is 1.94. The fraction of sp³-hybridized carbons (Fsp3) is 0.357. The molecule has 0 saturated heterocycles. The number of anilines is 1. The normalized spacial score (nSPS) is 16.0. The Labute approximate surface area is 119 Å². The van der Waals surface area contributed by atoms with E-state index in [0.717, 1.165) is 18.4 Å². The van der Waals surface area contributed by atoms with Gasteiger partial charge in [0.05, 0.1) is 4.90 Å². The number of sulfonamides is 1. The lowest BCUT2D eigenvalue weighted by Crippen LogP contribution is -2.19. The summed E-state index contributed by atoms with van der Waals surface area (Å²) in [4.78, 5) is 12.0. The zero-order chi connectivity index (χ0) is 14.8. The van der Waals surface area contributed by atoms with Crippen molar-refractivity contribution < 1.29 is 13.2 Å². The molecule has 0 unspecified atom stereocenters. The zero-order valence-corrected chi connectivity index (χ0v) is 12.3. The van der Waals surface area contributed by atoms with Crippen molar-refractivity contribution in [3.63, 3.8) is 0 Å². The molecule has 0 spiro atoms. The number of benzene rings is 1. The summed E-state index contributed by atoms with van der Waals surface area (Å²) in [6.07, 6.45) is 3.87. The Morgan fingerprint density at radius 3 is 2.65 bits per heavy atom. The standard InChI is InChI=1S/C14H18N2O3S/c1-10(11-6-7-11)8-14(17)16-12-4-3-5-13(9-12)20(18,19)15-2/h3-5,8-9,11,15H,6-7H2,1-2H3,(H,16,17). The number of hydrogen-bond acceptors (Lipinski definition) is 3. The first-order valence-corrected chi connectivity index (χ1v) is 7.93. The molecular formula is C14H18N2O3S. The monoisotopic (exact) mass is 294 g/mol. The van der Waals surface area contributed by atoms with Crippen LogP contribution in [0.5, 0.6) is 0 Å². The zero-order valence-electron chi connectivity index (χ0n) is 11.5. The molecule has 0 radical (unpaired) electrons. The lowest BCUT2D eigenvalue weighted by Gasteiger charge is -2.06. The first kappa shape index (κ1) is 14.7. The van der Waals surface area contributed by atoms with Crippen LogP contribution in [0.2, 0.25) is 0 Å². The summed E-state index contributed by atoms with van der Waals surface area (Å²) in [5, 5.41) is 2.68. The molecule has 1 fully saturated rings. The molecule has 2 rings (SSSR count). The van der Waals surface area contributed by atoms with Gasteiger partial charge in [-0.15, -0.1) is 0 Å². The molecule has 0 aliphatic heterocycles. The van der Waals surface area contributed by atoms with E-state index in [-0.39, 0.29) is 10.8 Å². The minimum Gasteiger partial charge on any atom is -0.322 e. The number of hydrogen-bond donors (Lipinski definition) is 2. The molecule has 0 aromatic heterocycles. The second-order valence-corrected chi connectivity index (χ2v) is 6.77. The van der Waals surface area contributed by atoms with Gasteiger partial charge in [-0.3, -0.25) is 4.79 Å². The predicted molar refractivity (Wildman–Crippen MR) is 77.8 cm³/mol. The Morgan fingerprint density at radius 1 is 1.35 bits per heavy atom. The van der Waals surface area contributed by atoms with Gasteiger partial charge < -0.3 is 5.32 Å². The van der Waals surface area contributed by atoms with E-state index in [2.05, 4.69) is 10.0 Å². The fourth-order valence-corrected chi connectivity index (χ4v) is 2.68. The summed E-state index contributed by atoms with van der Waals surface area (Å²) < 4.78 is 25.6. The Bertz CT molecular complexity index is 646. The third-order valence-corrected chi connectivity index (χ3v) is 4.67. The highest BCUT2D eigenvalue weighted by molar-refractivity contribution is 7.89. The number of carbonyl (C=O) groups is 1. The van der Waals surface area contributed by atoms with Crippen LogP contribution in [0, 0.1) is 5.92 Å². The number of nitrogens with one attached hydrogen (secondary N) is 2. The Kier molecular flexibility index (Phi) is 4.25. The third-order valence-electron chi connectivity index (χ3n) is 3.26. The van der Waals surface area contributed by atoms with Crippen molar-refractivity contribution in [2.24, 2.45) is 5.92 Å². The van der Waals surface area contributed by atoms with E-state index in [1.54, 1.807) is 18.2 Å². The van der Waals surface area contributed by atoms with E-state index in [1.807, 2.05) is 6.92 Å². The highest BCUT2D eigenvalue weighted by atomic mass is 32.2. The highest BCUT2D eigenvalue weighted by Crippen LogP contribution is 2.35. The van der Waals surface area contributed by atoms with Gasteiger partial charge in [-0.05, 0) is 50.9 Å². The van der Waals surface area contributed by atoms with Crippen LogP contribution in [-0.2, 0) is 14.8 Å². The summed E-state index contributed by atoms with van der Waals surface area (Å²) >= 11 is 0. The quantitative estimate of drug-likeness (QED) is 0.814. The predicted octanol–water partition coefficient (Wildman–Crippen LogP) is 1.89. The molecule has 1 aliphatic rings. The molecule has 0 heterocycles. The summed E-state index contributed by atoms with van der Waals surface area (Å²) in [5.74, 6) is 0.310. The van der Waals surface area contributed by atoms with Crippen LogP contribution in [-0.4, -0.2) is 21.4 Å². The van der Waals surface area contributed by atoms with Gasteiger partial charge >= 0.3 is 0 Å². The van der Waals surface area contributed by atoms with E-state index in [4.69, 9.17) is 0 Å². The lowest BCUT2D eigenvalue weighted by molar-refractivity contribution is -0.112. The van der Waals surface area contributed by atoms with Crippen LogP contribution in [0.15, 0.2) is 40.8 Å². The number of amides is 1. The van der Waals surface area contributed by atoms with Crippen LogP contribution in [0.3, 0.4) is 0 Å². The van der Waals surface area contributed by atoms with Crippen LogP contribution in [0.1, 0.15) is 19.8 Å². The van der Waals surface area contributed by atoms with Crippen molar-refractivity contribution in [2.75, 3.05) is 12.4 Å². The van der Waals surface area contributed by atoms with Crippen molar-refractivity contribution in [2.45, 2.75) is 24.7 Å². The maximum Gasteiger partial charge on any atom is 0.248 e. The van der Waals surface area contributed by atoms with Crippen molar-refractivity contribution >= 4 is 21.6 Å². The molecule has 0 atom stereocenters. The van der Waals surface area contributed by atoms with Gasteiger partial charge in [0.2, 0.25) is 15.9 Å². The van der Waals surface area contributed by atoms with Crippen molar-refractivity contribution in [1.82, 2.24) is 4.72 Å². The first-order valence-electron chi connectivity index (χ1n) is 6.45. The van der Waals surface area contributed by atoms with Gasteiger partial charge in [0, 0.05) is 11.8 Å². The summed E-state index contributed by atoms with van der Waals surface area (Å²) in [5.41, 5.74) is 1.53. The molecule has 1 aromatic rings.